The molecule has 7 heteroatoms. The lowest BCUT2D eigenvalue weighted by atomic mass is 10.1. The van der Waals surface area contributed by atoms with Crippen molar-refractivity contribution >= 4 is 10.2 Å². The van der Waals surface area contributed by atoms with Crippen LogP contribution in [-0.4, -0.2) is 15.2 Å². The molecule has 1 aliphatic heterocycles. The van der Waals surface area contributed by atoms with E-state index in [2.05, 4.69) is 4.72 Å². The van der Waals surface area contributed by atoms with Gasteiger partial charge in [0.25, 0.3) is 10.2 Å². The molecular weight excluding hydrogens is 232 g/mol. The minimum Gasteiger partial charge on any atom is -0.454 e. The molecule has 6 nitrogen and oxygen atoms in total. The van der Waals surface area contributed by atoms with Crippen LogP contribution in [0.3, 0.4) is 0 Å². The molecular formula is C9H12N2O4S. The molecule has 1 atom stereocenters. The van der Waals surface area contributed by atoms with Crippen molar-refractivity contribution < 1.29 is 17.9 Å². The van der Waals surface area contributed by atoms with Crippen LogP contribution >= 0.6 is 0 Å². The van der Waals surface area contributed by atoms with E-state index in [-0.39, 0.29) is 6.79 Å². The van der Waals surface area contributed by atoms with Gasteiger partial charge in [0.15, 0.2) is 11.5 Å². The maximum atomic E-state index is 10.9. The topological polar surface area (TPSA) is 90.7 Å². The molecule has 1 unspecified atom stereocenters. The summed E-state index contributed by atoms with van der Waals surface area (Å²) in [7, 11) is -3.71. The molecule has 1 aliphatic rings. The smallest absolute Gasteiger partial charge is 0.274 e. The van der Waals surface area contributed by atoms with Crippen LogP contribution in [0.4, 0.5) is 0 Å². The highest BCUT2D eigenvalue weighted by Crippen LogP contribution is 2.34. The Hall–Kier alpha value is -1.31. The van der Waals surface area contributed by atoms with E-state index in [1.165, 1.54) is 0 Å². The third kappa shape index (κ3) is 2.43. The summed E-state index contributed by atoms with van der Waals surface area (Å²) in [6.45, 7) is 1.89. The Morgan fingerprint density at radius 1 is 1.38 bits per heavy atom. The molecule has 0 fully saturated rings. The van der Waals surface area contributed by atoms with Gasteiger partial charge in [-0.05, 0) is 24.6 Å². The van der Waals surface area contributed by atoms with Gasteiger partial charge >= 0.3 is 0 Å². The normalized spacial score (nSPS) is 16.1. The number of hydrogen-bond donors (Lipinski definition) is 2. The summed E-state index contributed by atoms with van der Waals surface area (Å²) in [4.78, 5) is 0. The summed E-state index contributed by atoms with van der Waals surface area (Å²) < 4.78 is 34.3. The summed E-state index contributed by atoms with van der Waals surface area (Å²) >= 11 is 0. The van der Waals surface area contributed by atoms with E-state index in [9.17, 15) is 8.42 Å². The fourth-order valence-corrected chi connectivity index (χ4v) is 2.13. The molecule has 0 amide bonds. The Morgan fingerprint density at radius 2 is 2.06 bits per heavy atom. The SMILES string of the molecule is CC(NS(N)(=O)=O)c1ccc2c(c1)OCO2. The minimum absolute atomic E-state index is 0.190. The monoisotopic (exact) mass is 244 g/mol. The molecule has 16 heavy (non-hydrogen) atoms. The van der Waals surface area contributed by atoms with Gasteiger partial charge in [-0.25, -0.2) is 5.14 Å². The second kappa shape index (κ2) is 3.93. The molecule has 0 saturated carbocycles. The molecule has 0 saturated heterocycles. The van der Waals surface area contributed by atoms with Crippen molar-refractivity contribution in [1.82, 2.24) is 4.72 Å². The van der Waals surface area contributed by atoms with Crippen molar-refractivity contribution in [3.63, 3.8) is 0 Å². The number of ether oxygens (including phenoxy) is 2. The van der Waals surface area contributed by atoms with E-state index < -0.39 is 16.3 Å². The van der Waals surface area contributed by atoms with Crippen molar-refractivity contribution in [2.75, 3.05) is 6.79 Å². The molecule has 0 spiro atoms. The molecule has 0 aliphatic carbocycles. The van der Waals surface area contributed by atoms with Crippen LogP contribution in [0.15, 0.2) is 18.2 Å². The largest absolute Gasteiger partial charge is 0.454 e. The van der Waals surface area contributed by atoms with Crippen LogP contribution in [0, 0.1) is 0 Å². The zero-order valence-corrected chi connectivity index (χ0v) is 9.45. The maximum Gasteiger partial charge on any atom is 0.274 e. The fraction of sp³-hybridized carbons (Fsp3) is 0.333. The first-order valence-electron chi connectivity index (χ1n) is 4.65. The van der Waals surface area contributed by atoms with Crippen LogP contribution in [0.1, 0.15) is 18.5 Å². The lowest BCUT2D eigenvalue weighted by Gasteiger charge is -2.12. The first kappa shape index (κ1) is 11.2. The zero-order chi connectivity index (χ0) is 11.8. The van der Waals surface area contributed by atoms with Gasteiger partial charge in [-0.15, -0.1) is 0 Å². The highest BCUT2D eigenvalue weighted by molar-refractivity contribution is 7.87. The molecule has 0 aromatic heterocycles. The third-order valence-electron chi connectivity index (χ3n) is 2.24. The molecule has 1 aromatic rings. The van der Waals surface area contributed by atoms with Crippen molar-refractivity contribution in [3.8, 4) is 11.5 Å². The number of hydrogen-bond acceptors (Lipinski definition) is 4. The average Bonchev–Trinajstić information content (AvgIpc) is 2.61. The number of nitrogens with one attached hydrogen (secondary N) is 1. The second-order valence-corrected chi connectivity index (χ2v) is 4.82. The molecule has 3 N–H and O–H groups in total. The lowest BCUT2D eigenvalue weighted by Crippen LogP contribution is -2.32. The van der Waals surface area contributed by atoms with Gasteiger partial charge in [0.05, 0.1) is 0 Å². The van der Waals surface area contributed by atoms with Gasteiger partial charge in [-0.3, -0.25) is 0 Å². The van der Waals surface area contributed by atoms with E-state index >= 15 is 0 Å². The van der Waals surface area contributed by atoms with E-state index in [1.807, 2.05) is 0 Å². The maximum absolute atomic E-state index is 10.9. The number of rotatable bonds is 3. The van der Waals surface area contributed by atoms with Crippen LogP contribution in [0.2, 0.25) is 0 Å². The number of benzene rings is 1. The lowest BCUT2D eigenvalue weighted by molar-refractivity contribution is 0.174. The summed E-state index contributed by atoms with van der Waals surface area (Å²) in [6.07, 6.45) is 0. The minimum atomic E-state index is -3.71. The van der Waals surface area contributed by atoms with Gasteiger partial charge in [0.2, 0.25) is 6.79 Å². The average molecular weight is 244 g/mol. The van der Waals surface area contributed by atoms with Gasteiger partial charge < -0.3 is 9.47 Å². The van der Waals surface area contributed by atoms with E-state index in [0.29, 0.717) is 11.5 Å². The van der Waals surface area contributed by atoms with Crippen LogP contribution in [-0.2, 0) is 10.2 Å². The first-order chi connectivity index (χ1) is 7.46. The van der Waals surface area contributed by atoms with Crippen LogP contribution in [0.5, 0.6) is 11.5 Å². The number of fused-ring (bicyclic) bond motifs is 1. The first-order valence-corrected chi connectivity index (χ1v) is 6.20. The Labute approximate surface area is 93.5 Å². The van der Waals surface area contributed by atoms with Gasteiger partial charge in [0, 0.05) is 6.04 Å². The van der Waals surface area contributed by atoms with Crippen molar-refractivity contribution in [2.45, 2.75) is 13.0 Å². The van der Waals surface area contributed by atoms with Crippen LogP contribution < -0.4 is 19.3 Å². The summed E-state index contributed by atoms with van der Waals surface area (Å²) in [6, 6.07) is 4.81. The van der Waals surface area contributed by atoms with Gasteiger partial charge in [-0.2, -0.15) is 13.1 Å². The molecule has 0 bridgehead atoms. The Morgan fingerprint density at radius 3 is 2.75 bits per heavy atom. The Balaban J connectivity index is 2.21. The number of nitrogens with two attached hydrogens (primary N) is 1. The predicted octanol–water partition coefficient (Wildman–Crippen LogP) is 0.269. The van der Waals surface area contributed by atoms with Gasteiger partial charge in [-0.1, -0.05) is 6.07 Å². The quantitative estimate of drug-likeness (QED) is 0.798. The van der Waals surface area contributed by atoms with Crippen molar-refractivity contribution in [2.24, 2.45) is 5.14 Å². The molecule has 2 rings (SSSR count). The Kier molecular flexibility index (Phi) is 2.75. The standard InChI is InChI=1S/C9H12N2O4S/c1-6(11-16(10,12)13)7-2-3-8-9(4-7)15-5-14-8/h2-4,6,11H,5H2,1H3,(H2,10,12,13). The summed E-state index contributed by atoms with van der Waals surface area (Å²) in [5, 5.41) is 4.89. The molecule has 1 aromatic carbocycles. The third-order valence-corrected chi connectivity index (χ3v) is 2.92. The second-order valence-electron chi connectivity index (χ2n) is 3.50. The van der Waals surface area contributed by atoms with E-state index in [0.717, 1.165) is 5.56 Å². The predicted molar refractivity (Wildman–Crippen MR) is 57.2 cm³/mol. The molecule has 0 radical (unpaired) electrons. The highest BCUT2D eigenvalue weighted by Gasteiger charge is 2.17. The van der Waals surface area contributed by atoms with Crippen molar-refractivity contribution in [1.29, 1.82) is 0 Å². The molecule has 1 heterocycles. The summed E-state index contributed by atoms with van der Waals surface area (Å²) in [5.41, 5.74) is 0.762. The molecule has 88 valence electrons. The fourth-order valence-electron chi connectivity index (χ4n) is 1.50. The van der Waals surface area contributed by atoms with Gasteiger partial charge in [0.1, 0.15) is 0 Å². The Bertz CT molecular complexity index is 500. The van der Waals surface area contributed by atoms with E-state index in [4.69, 9.17) is 14.6 Å². The summed E-state index contributed by atoms with van der Waals surface area (Å²) in [5.74, 6) is 1.27. The zero-order valence-electron chi connectivity index (χ0n) is 8.64. The van der Waals surface area contributed by atoms with Crippen LogP contribution in [0.25, 0.3) is 0 Å². The van der Waals surface area contributed by atoms with E-state index in [1.54, 1.807) is 25.1 Å². The van der Waals surface area contributed by atoms with Crippen molar-refractivity contribution in [3.05, 3.63) is 23.8 Å². The highest BCUT2D eigenvalue weighted by atomic mass is 32.2.